The van der Waals surface area contributed by atoms with E-state index in [-0.39, 0.29) is 0 Å². The summed E-state index contributed by atoms with van der Waals surface area (Å²) < 4.78 is 4.98. The lowest BCUT2D eigenvalue weighted by atomic mass is 10.3. The lowest BCUT2D eigenvalue weighted by Gasteiger charge is -1.99. The Bertz CT molecular complexity index is 400. The molecule has 2 heterocycles. The Kier molecular flexibility index (Phi) is 1.63. The molecule has 0 radical (unpaired) electrons. The summed E-state index contributed by atoms with van der Waals surface area (Å²) in [5.74, 6) is 0.621. The van der Waals surface area contributed by atoms with Gasteiger partial charge < -0.3 is 4.74 Å². The molecule has 2 rings (SSSR count). The van der Waals surface area contributed by atoms with E-state index in [1.807, 2.05) is 18.2 Å². The van der Waals surface area contributed by atoms with Crippen LogP contribution in [0.1, 0.15) is 0 Å². The maximum absolute atomic E-state index is 4.98. The zero-order valence-corrected chi connectivity index (χ0v) is 6.69. The minimum atomic E-state index is 0.621. The van der Waals surface area contributed by atoms with Crippen LogP contribution in [0.5, 0.6) is 5.88 Å². The van der Waals surface area contributed by atoms with Crippen molar-refractivity contribution in [1.82, 2.24) is 9.97 Å². The van der Waals surface area contributed by atoms with Crippen LogP contribution in [0.2, 0.25) is 0 Å². The molecule has 12 heavy (non-hydrogen) atoms. The Hall–Kier alpha value is -1.64. The lowest BCUT2D eigenvalue weighted by Crippen LogP contribution is -1.87. The van der Waals surface area contributed by atoms with Gasteiger partial charge in [0.15, 0.2) is 0 Å². The molecule has 0 amide bonds. The number of nitrogens with zero attached hydrogens (tertiary/aromatic N) is 2. The Morgan fingerprint density at radius 1 is 1.33 bits per heavy atom. The number of fused-ring (bicyclic) bond motifs is 1. The summed E-state index contributed by atoms with van der Waals surface area (Å²) in [6, 6.07) is 5.73. The monoisotopic (exact) mass is 160 g/mol. The predicted octanol–water partition coefficient (Wildman–Crippen LogP) is 1.64. The molecule has 0 aliphatic heterocycles. The standard InChI is InChI=1S/C9H8N2O/c1-12-9-5-7-3-2-4-10-8(7)6-11-9/h2-6H,1H3. The highest BCUT2D eigenvalue weighted by Crippen LogP contribution is 2.14. The van der Waals surface area contributed by atoms with Gasteiger partial charge in [0, 0.05) is 17.6 Å². The summed E-state index contributed by atoms with van der Waals surface area (Å²) in [6.45, 7) is 0. The van der Waals surface area contributed by atoms with Crippen LogP contribution < -0.4 is 4.74 Å². The van der Waals surface area contributed by atoms with Gasteiger partial charge in [0.2, 0.25) is 5.88 Å². The largest absolute Gasteiger partial charge is 0.481 e. The van der Waals surface area contributed by atoms with Crippen molar-refractivity contribution in [2.45, 2.75) is 0 Å². The zero-order chi connectivity index (χ0) is 8.39. The van der Waals surface area contributed by atoms with Crippen molar-refractivity contribution in [2.75, 3.05) is 7.11 Å². The van der Waals surface area contributed by atoms with Gasteiger partial charge >= 0.3 is 0 Å². The number of hydrogen-bond donors (Lipinski definition) is 0. The second kappa shape index (κ2) is 2.77. The van der Waals surface area contributed by atoms with Crippen molar-refractivity contribution >= 4 is 10.9 Å². The number of aromatic nitrogens is 2. The first kappa shape index (κ1) is 7.03. The smallest absolute Gasteiger partial charge is 0.213 e. The van der Waals surface area contributed by atoms with Crippen LogP contribution in [0.25, 0.3) is 10.9 Å². The minimum Gasteiger partial charge on any atom is -0.481 e. The van der Waals surface area contributed by atoms with E-state index in [1.165, 1.54) is 0 Å². The second-order valence-electron chi connectivity index (χ2n) is 2.42. The molecule has 60 valence electrons. The van der Waals surface area contributed by atoms with Gasteiger partial charge in [0.05, 0.1) is 18.8 Å². The Morgan fingerprint density at radius 2 is 2.25 bits per heavy atom. The average molecular weight is 160 g/mol. The number of pyridine rings is 2. The van der Waals surface area contributed by atoms with Crippen LogP contribution >= 0.6 is 0 Å². The molecule has 3 heteroatoms. The summed E-state index contributed by atoms with van der Waals surface area (Å²) in [4.78, 5) is 8.18. The maximum atomic E-state index is 4.98. The molecule has 0 unspecified atom stereocenters. The highest BCUT2D eigenvalue weighted by atomic mass is 16.5. The summed E-state index contributed by atoms with van der Waals surface area (Å²) in [6.07, 6.45) is 3.45. The van der Waals surface area contributed by atoms with E-state index in [4.69, 9.17) is 4.74 Å². The molecule has 0 spiro atoms. The summed E-state index contributed by atoms with van der Waals surface area (Å²) in [7, 11) is 1.60. The Balaban J connectivity index is 2.67. The molecule has 3 nitrogen and oxygen atoms in total. The molecule has 2 aromatic rings. The van der Waals surface area contributed by atoms with E-state index >= 15 is 0 Å². The van der Waals surface area contributed by atoms with E-state index in [0.717, 1.165) is 10.9 Å². The van der Waals surface area contributed by atoms with Crippen molar-refractivity contribution in [3.8, 4) is 5.88 Å². The van der Waals surface area contributed by atoms with Crippen molar-refractivity contribution in [3.63, 3.8) is 0 Å². The van der Waals surface area contributed by atoms with Crippen LogP contribution in [0.15, 0.2) is 30.6 Å². The lowest BCUT2D eigenvalue weighted by molar-refractivity contribution is 0.398. The highest BCUT2D eigenvalue weighted by Gasteiger charge is 1.95. The molecule has 0 bridgehead atoms. The van der Waals surface area contributed by atoms with Crippen molar-refractivity contribution in [1.29, 1.82) is 0 Å². The first-order chi connectivity index (χ1) is 5.90. The van der Waals surface area contributed by atoms with E-state index in [2.05, 4.69) is 9.97 Å². The Labute approximate surface area is 70.0 Å². The predicted molar refractivity (Wildman–Crippen MR) is 46.1 cm³/mol. The Morgan fingerprint density at radius 3 is 3.08 bits per heavy atom. The van der Waals surface area contributed by atoms with Gasteiger partial charge in [-0.3, -0.25) is 4.98 Å². The van der Waals surface area contributed by atoms with Gasteiger partial charge in [-0.2, -0.15) is 0 Å². The fraction of sp³-hybridized carbons (Fsp3) is 0.111. The average Bonchev–Trinajstić information content (AvgIpc) is 2.17. The molecule has 0 fully saturated rings. The minimum absolute atomic E-state index is 0.621. The first-order valence-electron chi connectivity index (χ1n) is 3.65. The SMILES string of the molecule is COc1cc2cccnc2cn1. The molecule has 0 aliphatic carbocycles. The highest BCUT2D eigenvalue weighted by molar-refractivity contribution is 5.78. The quantitative estimate of drug-likeness (QED) is 0.636. The number of methoxy groups -OCH3 is 1. The van der Waals surface area contributed by atoms with E-state index in [0.29, 0.717) is 5.88 Å². The molecular weight excluding hydrogens is 152 g/mol. The number of rotatable bonds is 1. The van der Waals surface area contributed by atoms with E-state index in [9.17, 15) is 0 Å². The normalized spacial score (nSPS) is 10.1. The van der Waals surface area contributed by atoms with E-state index in [1.54, 1.807) is 19.5 Å². The zero-order valence-electron chi connectivity index (χ0n) is 6.69. The maximum Gasteiger partial charge on any atom is 0.213 e. The van der Waals surface area contributed by atoms with Gasteiger partial charge in [0.1, 0.15) is 0 Å². The fourth-order valence-electron chi connectivity index (χ4n) is 1.07. The molecule has 0 aliphatic rings. The van der Waals surface area contributed by atoms with Gasteiger partial charge in [-0.1, -0.05) is 6.07 Å². The molecule has 0 aromatic carbocycles. The van der Waals surface area contributed by atoms with Gasteiger partial charge in [-0.05, 0) is 6.07 Å². The summed E-state index contributed by atoms with van der Waals surface area (Å²) >= 11 is 0. The topological polar surface area (TPSA) is 35.0 Å². The van der Waals surface area contributed by atoms with Crippen molar-refractivity contribution in [2.24, 2.45) is 0 Å². The van der Waals surface area contributed by atoms with Crippen LogP contribution in [-0.2, 0) is 0 Å². The summed E-state index contributed by atoms with van der Waals surface area (Å²) in [5, 5.41) is 1.05. The third-order valence-electron chi connectivity index (χ3n) is 1.67. The fourth-order valence-corrected chi connectivity index (χ4v) is 1.07. The van der Waals surface area contributed by atoms with Crippen LogP contribution in [0.3, 0.4) is 0 Å². The molecule has 0 atom stereocenters. The van der Waals surface area contributed by atoms with Gasteiger partial charge in [-0.15, -0.1) is 0 Å². The van der Waals surface area contributed by atoms with Gasteiger partial charge in [-0.25, -0.2) is 4.98 Å². The number of ether oxygens (including phenoxy) is 1. The molecular formula is C9H8N2O. The molecule has 0 saturated carbocycles. The van der Waals surface area contributed by atoms with Crippen molar-refractivity contribution in [3.05, 3.63) is 30.6 Å². The molecule has 0 N–H and O–H groups in total. The molecule has 2 aromatic heterocycles. The third kappa shape index (κ3) is 1.09. The van der Waals surface area contributed by atoms with Crippen LogP contribution in [0, 0.1) is 0 Å². The number of hydrogen-bond acceptors (Lipinski definition) is 3. The van der Waals surface area contributed by atoms with E-state index < -0.39 is 0 Å². The summed E-state index contributed by atoms with van der Waals surface area (Å²) in [5.41, 5.74) is 0.887. The van der Waals surface area contributed by atoms with Crippen LogP contribution in [0.4, 0.5) is 0 Å². The first-order valence-corrected chi connectivity index (χ1v) is 3.65. The third-order valence-corrected chi connectivity index (χ3v) is 1.67. The van der Waals surface area contributed by atoms with Gasteiger partial charge in [0.25, 0.3) is 0 Å². The van der Waals surface area contributed by atoms with Crippen molar-refractivity contribution < 1.29 is 4.74 Å². The second-order valence-corrected chi connectivity index (χ2v) is 2.42. The molecule has 0 saturated heterocycles. The van der Waals surface area contributed by atoms with Crippen LogP contribution in [-0.4, -0.2) is 17.1 Å².